The molecule has 0 fully saturated rings. The zero-order chi connectivity index (χ0) is 21.5. The minimum atomic E-state index is -0.532. The van der Waals surface area contributed by atoms with Crippen LogP contribution in [0.1, 0.15) is 46.1 Å². The van der Waals surface area contributed by atoms with Crippen molar-refractivity contribution in [3.8, 4) is 11.5 Å². The average Bonchev–Trinajstić information content (AvgIpc) is 3.11. The fourth-order valence-corrected chi connectivity index (χ4v) is 4.58. The van der Waals surface area contributed by atoms with Gasteiger partial charge < -0.3 is 14.2 Å². The Morgan fingerprint density at radius 1 is 1.17 bits per heavy atom. The van der Waals surface area contributed by atoms with Gasteiger partial charge in [-0.2, -0.15) is 5.10 Å². The van der Waals surface area contributed by atoms with E-state index >= 15 is 0 Å². The van der Waals surface area contributed by atoms with Crippen LogP contribution in [0.4, 0.5) is 9.80 Å². The molecular formula is C21H25N3O5S. The molecule has 2 amide bonds. The number of anilines is 1. The molecule has 0 radical (unpaired) electrons. The molecule has 0 saturated carbocycles. The van der Waals surface area contributed by atoms with E-state index in [0.29, 0.717) is 22.1 Å². The van der Waals surface area contributed by atoms with Gasteiger partial charge in [-0.15, -0.1) is 11.3 Å². The number of rotatable bonds is 7. The number of nitrogens with zero attached hydrogens (tertiary/aromatic N) is 1. The van der Waals surface area contributed by atoms with Gasteiger partial charge in [-0.1, -0.05) is 0 Å². The van der Waals surface area contributed by atoms with E-state index in [0.717, 1.165) is 41.7 Å². The second-order valence-corrected chi connectivity index (χ2v) is 7.68. The van der Waals surface area contributed by atoms with Crippen LogP contribution in [0.5, 0.6) is 11.5 Å². The number of carbonyl (C=O) groups is 2. The van der Waals surface area contributed by atoms with Gasteiger partial charge in [-0.25, -0.2) is 15.0 Å². The van der Waals surface area contributed by atoms with Crippen molar-refractivity contribution < 1.29 is 23.8 Å². The van der Waals surface area contributed by atoms with E-state index in [4.69, 9.17) is 14.2 Å². The molecule has 0 unspecified atom stereocenters. The van der Waals surface area contributed by atoms with Gasteiger partial charge >= 0.3 is 12.0 Å². The number of benzene rings is 1. The maximum absolute atomic E-state index is 12.5. The summed E-state index contributed by atoms with van der Waals surface area (Å²) in [6.07, 6.45) is 5.33. The van der Waals surface area contributed by atoms with Crippen LogP contribution in [0.15, 0.2) is 23.3 Å². The monoisotopic (exact) mass is 431 g/mol. The van der Waals surface area contributed by atoms with E-state index in [-0.39, 0.29) is 6.61 Å². The second-order valence-electron chi connectivity index (χ2n) is 6.57. The number of carbonyl (C=O) groups excluding carboxylic acids is 2. The second kappa shape index (κ2) is 10.1. The fraction of sp³-hybridized carbons (Fsp3) is 0.381. The molecule has 160 valence electrons. The van der Waals surface area contributed by atoms with E-state index < -0.39 is 12.0 Å². The number of fused-ring (bicyclic) bond motifs is 1. The minimum Gasteiger partial charge on any atom is -0.493 e. The Balaban J connectivity index is 1.70. The van der Waals surface area contributed by atoms with Gasteiger partial charge in [0.2, 0.25) is 0 Å². The molecule has 9 heteroatoms. The summed E-state index contributed by atoms with van der Waals surface area (Å²) in [4.78, 5) is 25.9. The SMILES string of the molecule is CCOC(=O)c1c(NC(=O)NN=Cc2ccc(OC)c(OC)c2)sc2c1CCCC2. The summed E-state index contributed by atoms with van der Waals surface area (Å²) in [5, 5.41) is 7.21. The van der Waals surface area contributed by atoms with Crippen LogP contribution in [-0.4, -0.2) is 39.0 Å². The lowest BCUT2D eigenvalue weighted by molar-refractivity contribution is 0.0526. The number of esters is 1. The van der Waals surface area contributed by atoms with E-state index in [2.05, 4.69) is 15.8 Å². The van der Waals surface area contributed by atoms with Crippen molar-refractivity contribution in [2.45, 2.75) is 32.6 Å². The highest BCUT2D eigenvalue weighted by Crippen LogP contribution is 2.38. The van der Waals surface area contributed by atoms with Crippen LogP contribution < -0.4 is 20.2 Å². The van der Waals surface area contributed by atoms with Crippen LogP contribution in [-0.2, 0) is 17.6 Å². The van der Waals surface area contributed by atoms with Crippen LogP contribution in [0.25, 0.3) is 0 Å². The maximum atomic E-state index is 12.5. The third-order valence-corrected chi connectivity index (χ3v) is 5.87. The molecular weight excluding hydrogens is 406 g/mol. The first-order chi connectivity index (χ1) is 14.6. The van der Waals surface area contributed by atoms with Crippen molar-refractivity contribution in [2.24, 2.45) is 5.10 Å². The van der Waals surface area contributed by atoms with Gasteiger partial charge in [0, 0.05) is 4.88 Å². The van der Waals surface area contributed by atoms with Crippen molar-refractivity contribution in [3.63, 3.8) is 0 Å². The largest absolute Gasteiger partial charge is 0.493 e. The maximum Gasteiger partial charge on any atom is 0.341 e. The molecule has 2 aromatic rings. The molecule has 3 rings (SSSR count). The van der Waals surface area contributed by atoms with E-state index in [9.17, 15) is 9.59 Å². The van der Waals surface area contributed by atoms with Gasteiger partial charge in [0.05, 0.1) is 32.6 Å². The molecule has 8 nitrogen and oxygen atoms in total. The van der Waals surface area contributed by atoms with E-state index in [1.54, 1.807) is 39.3 Å². The van der Waals surface area contributed by atoms with Crippen molar-refractivity contribution >= 4 is 34.6 Å². The minimum absolute atomic E-state index is 0.282. The van der Waals surface area contributed by atoms with Gasteiger partial charge in [-0.3, -0.25) is 5.32 Å². The first kappa shape index (κ1) is 21.6. The fourth-order valence-electron chi connectivity index (χ4n) is 3.30. The number of nitrogens with one attached hydrogen (secondary N) is 2. The number of ether oxygens (including phenoxy) is 3. The summed E-state index contributed by atoms with van der Waals surface area (Å²) in [5.74, 6) is 0.767. The van der Waals surface area contributed by atoms with Crippen LogP contribution in [0.3, 0.4) is 0 Å². The molecule has 0 saturated heterocycles. The molecule has 1 aliphatic carbocycles. The summed E-state index contributed by atoms with van der Waals surface area (Å²) in [5.41, 5.74) is 4.62. The number of hydrogen-bond donors (Lipinski definition) is 2. The van der Waals surface area contributed by atoms with Gasteiger partial charge in [-0.05, 0) is 61.9 Å². The lowest BCUT2D eigenvalue weighted by Gasteiger charge is -2.12. The number of aryl methyl sites for hydroxylation is 1. The zero-order valence-corrected chi connectivity index (χ0v) is 18.1. The summed E-state index contributed by atoms with van der Waals surface area (Å²) in [6.45, 7) is 2.05. The van der Waals surface area contributed by atoms with Gasteiger partial charge in [0.1, 0.15) is 5.00 Å². The quantitative estimate of drug-likeness (QED) is 0.393. The molecule has 30 heavy (non-hydrogen) atoms. The molecule has 1 aromatic carbocycles. The summed E-state index contributed by atoms with van der Waals surface area (Å²) >= 11 is 1.43. The molecule has 1 aliphatic rings. The number of thiophene rings is 1. The Bertz CT molecular complexity index is 954. The Hall–Kier alpha value is -3.07. The third-order valence-electron chi connectivity index (χ3n) is 4.67. The van der Waals surface area contributed by atoms with E-state index in [1.165, 1.54) is 17.6 Å². The summed E-state index contributed by atoms with van der Waals surface area (Å²) in [7, 11) is 3.11. The highest BCUT2D eigenvalue weighted by atomic mass is 32.1. The molecule has 2 N–H and O–H groups in total. The predicted octanol–water partition coefficient (Wildman–Crippen LogP) is 3.98. The normalized spacial score (nSPS) is 12.9. The highest BCUT2D eigenvalue weighted by molar-refractivity contribution is 7.17. The number of methoxy groups -OCH3 is 2. The number of hydrazone groups is 1. The number of urea groups is 1. The van der Waals surface area contributed by atoms with Crippen LogP contribution >= 0.6 is 11.3 Å². The molecule has 0 bridgehead atoms. The number of amides is 2. The molecule has 1 aromatic heterocycles. The lowest BCUT2D eigenvalue weighted by atomic mass is 9.95. The number of hydrogen-bond acceptors (Lipinski definition) is 7. The Kier molecular flexibility index (Phi) is 7.29. The van der Waals surface area contributed by atoms with Crippen molar-refractivity contribution in [1.29, 1.82) is 0 Å². The summed E-state index contributed by atoms with van der Waals surface area (Å²) in [6, 6.07) is 4.75. The lowest BCUT2D eigenvalue weighted by Crippen LogP contribution is -2.25. The molecule has 1 heterocycles. The first-order valence-electron chi connectivity index (χ1n) is 9.71. The molecule has 0 aliphatic heterocycles. The topological polar surface area (TPSA) is 98.2 Å². The Morgan fingerprint density at radius 3 is 2.67 bits per heavy atom. The van der Waals surface area contributed by atoms with Crippen LogP contribution in [0, 0.1) is 0 Å². The summed E-state index contributed by atoms with van der Waals surface area (Å²) < 4.78 is 15.6. The third kappa shape index (κ3) is 4.91. The zero-order valence-electron chi connectivity index (χ0n) is 17.2. The van der Waals surface area contributed by atoms with Crippen molar-refractivity contribution in [3.05, 3.63) is 39.8 Å². The van der Waals surface area contributed by atoms with Gasteiger partial charge in [0.15, 0.2) is 11.5 Å². The highest BCUT2D eigenvalue weighted by Gasteiger charge is 2.27. The molecule has 0 spiro atoms. The Labute approximate surface area is 179 Å². The standard InChI is InChI=1S/C21H25N3O5S/c1-4-29-20(25)18-14-7-5-6-8-17(14)30-19(18)23-21(26)24-22-12-13-9-10-15(27-2)16(11-13)28-3/h9-12H,4-8H2,1-3H3,(H2,23,24,26). The van der Waals surface area contributed by atoms with Crippen molar-refractivity contribution in [1.82, 2.24) is 5.43 Å². The van der Waals surface area contributed by atoms with Crippen molar-refractivity contribution in [2.75, 3.05) is 26.1 Å². The van der Waals surface area contributed by atoms with E-state index in [1.807, 2.05) is 0 Å². The first-order valence-corrected chi connectivity index (χ1v) is 10.5. The van der Waals surface area contributed by atoms with Gasteiger partial charge in [0.25, 0.3) is 0 Å². The smallest absolute Gasteiger partial charge is 0.341 e. The predicted molar refractivity (Wildman–Crippen MR) is 116 cm³/mol. The average molecular weight is 432 g/mol. The van der Waals surface area contributed by atoms with Crippen LogP contribution in [0.2, 0.25) is 0 Å². The Morgan fingerprint density at radius 2 is 1.93 bits per heavy atom. The molecule has 0 atom stereocenters.